The molecular formula is C75H96N6O18. The summed E-state index contributed by atoms with van der Waals surface area (Å²) in [4.78, 5) is 120. The van der Waals surface area contributed by atoms with Crippen molar-refractivity contribution in [3.8, 4) is 11.8 Å². The first-order valence-electron chi connectivity index (χ1n) is 34.7. The van der Waals surface area contributed by atoms with E-state index < -0.39 is 83.3 Å². The number of aliphatic hydroxyl groups excluding tert-OH is 1. The zero-order valence-corrected chi connectivity index (χ0v) is 57.4. The molecule has 2 aliphatic heterocycles. The van der Waals surface area contributed by atoms with Gasteiger partial charge in [-0.3, -0.25) is 33.6 Å². The molecular weight excluding hydrogens is 1270 g/mol. The van der Waals surface area contributed by atoms with Crippen molar-refractivity contribution in [2.24, 2.45) is 46.2 Å². The van der Waals surface area contributed by atoms with Gasteiger partial charge in [-0.2, -0.15) is 0 Å². The number of benzene rings is 3. The number of amides is 6. The normalized spacial score (nSPS) is 24.5. The van der Waals surface area contributed by atoms with Crippen molar-refractivity contribution < 1.29 is 86.2 Å². The van der Waals surface area contributed by atoms with Crippen molar-refractivity contribution >= 4 is 64.5 Å². The van der Waals surface area contributed by atoms with Crippen LogP contribution in [0, 0.1) is 52.3 Å². The molecule has 3 aromatic carbocycles. The molecule has 0 spiro atoms. The Labute approximate surface area is 578 Å². The van der Waals surface area contributed by atoms with Crippen LogP contribution < -0.4 is 31.9 Å². The number of primary amides is 1. The molecule has 3 saturated carbocycles. The van der Waals surface area contributed by atoms with E-state index in [0.29, 0.717) is 69.9 Å². The summed E-state index contributed by atoms with van der Waals surface area (Å²) in [6.45, 7) is 11.6. The summed E-state index contributed by atoms with van der Waals surface area (Å²) >= 11 is 0. The Hall–Kier alpha value is -8.15. The summed E-state index contributed by atoms with van der Waals surface area (Å²) in [7, 11) is 0. The highest BCUT2D eigenvalue weighted by Crippen LogP contribution is 2.70. The number of nitrogens with two attached hydrogens (primary N) is 1. The average Bonchev–Trinajstić information content (AvgIpc) is 1.53. The molecule has 1 unspecified atom stereocenters. The minimum Gasteiger partial charge on any atom is -0.429 e. The lowest BCUT2D eigenvalue weighted by molar-refractivity contribution is -0.200. The number of nitrogens with one attached hydrogen (secondary N) is 4. The number of ether oxygens (including phenoxy) is 8. The van der Waals surface area contributed by atoms with E-state index in [1.165, 1.54) is 0 Å². The summed E-state index contributed by atoms with van der Waals surface area (Å²) in [5.41, 5.74) is 7.65. The molecule has 534 valence electrons. The lowest BCUT2D eigenvalue weighted by atomic mass is 9.46. The molecule has 6 aliphatic rings. The Bertz CT molecular complexity index is 3510. The lowest BCUT2D eigenvalue weighted by Crippen LogP contribution is -2.63. The molecule has 9 rings (SSSR count). The number of fused-ring (bicyclic) bond motifs is 9. The van der Waals surface area contributed by atoms with Crippen LogP contribution in [0.5, 0.6) is 0 Å². The minimum atomic E-state index is -1.48. The van der Waals surface area contributed by atoms with Crippen LogP contribution in [-0.2, 0) is 84.6 Å². The molecule has 99 heavy (non-hydrogen) atoms. The molecule has 0 bridgehead atoms. The van der Waals surface area contributed by atoms with Crippen LogP contribution >= 0.6 is 0 Å². The molecule has 0 radical (unpaired) electrons. The van der Waals surface area contributed by atoms with Crippen molar-refractivity contribution in [1.82, 2.24) is 16.0 Å². The second kappa shape index (κ2) is 35.3. The molecule has 4 fully saturated rings. The molecule has 24 nitrogen and oxygen atoms in total. The monoisotopic (exact) mass is 1370 g/mol. The van der Waals surface area contributed by atoms with Crippen LogP contribution in [0.4, 0.5) is 21.0 Å². The van der Waals surface area contributed by atoms with Crippen LogP contribution in [0.2, 0.25) is 0 Å². The maximum atomic E-state index is 14.7. The third kappa shape index (κ3) is 18.8. The number of rotatable bonds is 36. The Morgan fingerprint density at radius 1 is 0.798 bits per heavy atom. The second-order valence-electron chi connectivity index (χ2n) is 27.1. The Morgan fingerprint density at radius 2 is 1.48 bits per heavy atom. The van der Waals surface area contributed by atoms with Crippen LogP contribution in [0.15, 0.2) is 96.6 Å². The largest absolute Gasteiger partial charge is 0.509 e. The highest BCUT2D eigenvalue weighted by molar-refractivity contribution is 6.01. The summed E-state index contributed by atoms with van der Waals surface area (Å²) in [5, 5.41) is 23.0. The van der Waals surface area contributed by atoms with E-state index in [4.69, 9.17) is 43.6 Å². The number of ketones is 3. The number of para-hydroxylation sites is 1. The first kappa shape index (κ1) is 75.1. The molecule has 2 heterocycles. The van der Waals surface area contributed by atoms with Gasteiger partial charge in [-0.1, -0.05) is 107 Å². The van der Waals surface area contributed by atoms with Gasteiger partial charge in [0.2, 0.25) is 29.4 Å². The van der Waals surface area contributed by atoms with Gasteiger partial charge in [0.05, 0.1) is 83.3 Å². The number of aliphatic hydroxyl groups is 1. The number of anilines is 2. The maximum Gasteiger partial charge on any atom is 0.509 e. The average molecular weight is 1370 g/mol. The topological polar surface area (TPSA) is 325 Å². The quantitative estimate of drug-likeness (QED) is 0.0187. The van der Waals surface area contributed by atoms with Crippen LogP contribution in [0.25, 0.3) is 0 Å². The van der Waals surface area contributed by atoms with Gasteiger partial charge in [0.15, 0.2) is 30.1 Å². The summed E-state index contributed by atoms with van der Waals surface area (Å²) in [6.07, 6.45) is 5.95. The Morgan fingerprint density at radius 3 is 2.20 bits per heavy atom. The predicted octanol–water partition coefficient (Wildman–Crippen LogP) is 7.48. The van der Waals surface area contributed by atoms with Gasteiger partial charge in [0, 0.05) is 78.3 Å². The summed E-state index contributed by atoms with van der Waals surface area (Å²) < 4.78 is 46.5. The van der Waals surface area contributed by atoms with Gasteiger partial charge in [0.1, 0.15) is 6.61 Å². The van der Waals surface area contributed by atoms with Gasteiger partial charge < -0.3 is 74.9 Å². The second-order valence-corrected chi connectivity index (χ2v) is 27.1. The van der Waals surface area contributed by atoms with E-state index in [1.807, 2.05) is 68.5 Å². The van der Waals surface area contributed by atoms with E-state index in [9.17, 15) is 48.3 Å². The highest BCUT2D eigenvalue weighted by Gasteiger charge is 2.76. The zero-order valence-electron chi connectivity index (χ0n) is 57.4. The molecule has 4 aliphatic carbocycles. The molecule has 11 atom stereocenters. The molecule has 7 N–H and O–H groups in total. The summed E-state index contributed by atoms with van der Waals surface area (Å²) in [6, 6.07) is 20.1. The van der Waals surface area contributed by atoms with Crippen LogP contribution in [0.1, 0.15) is 134 Å². The fourth-order valence-corrected chi connectivity index (χ4v) is 15.3. The van der Waals surface area contributed by atoms with Crippen molar-refractivity contribution in [3.63, 3.8) is 0 Å². The van der Waals surface area contributed by atoms with E-state index in [2.05, 4.69) is 40.0 Å². The highest BCUT2D eigenvalue weighted by atomic mass is 16.8. The standard InChI is InChI=1S/C75H96N6O18/c1-6-12-67-98-63-43-58-57-25-22-54-42-56(82)28-30-73(54,4)68(57)61(84)44-74(58,5)75(63,99-67)62(85)47-97-72(91)96-46-49-18-23-55(24-19-49)79-70(89)52(16-11-31-78-71(76)90)41-60(83)69(48(2)3)80-65(87)29-33-92-35-37-94-39-40-95-38-36-93-34-32-77-64(86)26-27-66(88)81-45-53-15-8-7-13-50(53)20-21-51-14-9-10-17-59(51)81/h7-10,13-15,17-19,23-24,28,30,42,48,52,57-58,61,63,67-69,84H,6,11-12,16,22,25-27,29,31-41,43-47H2,1-5H3,(H,77,86)(H,79,89)(H,80,87)(H3,76,78,90)/t52-,57+,58+,61+,63-,67?,68-,69+,73+,74+,75-/m1/s1. The first-order valence-corrected chi connectivity index (χ1v) is 34.7. The first-order chi connectivity index (χ1) is 47.6. The van der Waals surface area contributed by atoms with Gasteiger partial charge >= 0.3 is 12.2 Å². The van der Waals surface area contributed by atoms with Gasteiger partial charge in [0.25, 0.3) is 0 Å². The predicted molar refractivity (Wildman–Crippen MR) is 364 cm³/mol. The third-order valence-electron chi connectivity index (χ3n) is 20.2. The molecule has 6 amide bonds. The molecule has 3 aromatic rings. The van der Waals surface area contributed by atoms with Crippen molar-refractivity contribution in [2.75, 3.05) is 82.8 Å². The number of hydrogen-bond donors (Lipinski definition) is 6. The molecule has 0 aromatic heterocycles. The number of allylic oxidation sites excluding steroid dienone is 4. The fourth-order valence-electron chi connectivity index (χ4n) is 15.3. The third-order valence-corrected chi connectivity index (χ3v) is 20.2. The lowest BCUT2D eigenvalue weighted by Gasteiger charge is -2.59. The number of hydrogen-bond acceptors (Lipinski definition) is 18. The fraction of sp³-hybridized carbons (Fsp3) is 0.560. The number of urea groups is 1. The van der Waals surface area contributed by atoms with Gasteiger partial charge in [-0.15, -0.1) is 0 Å². The van der Waals surface area contributed by atoms with Crippen LogP contribution in [0.3, 0.4) is 0 Å². The maximum absolute atomic E-state index is 14.7. The van der Waals surface area contributed by atoms with Crippen LogP contribution in [-0.4, -0.2) is 161 Å². The summed E-state index contributed by atoms with van der Waals surface area (Å²) in [5.74, 6) is 2.82. The van der Waals surface area contributed by atoms with Crippen molar-refractivity contribution in [2.45, 2.75) is 155 Å². The molecule has 1 saturated heterocycles. The van der Waals surface area contributed by atoms with Crippen molar-refractivity contribution in [1.29, 1.82) is 0 Å². The zero-order chi connectivity index (χ0) is 70.7. The number of carbonyl (C=O) groups excluding carboxylic acids is 9. The molecule has 24 heteroatoms. The number of carbonyl (C=O) groups is 9. The van der Waals surface area contributed by atoms with E-state index in [0.717, 1.165) is 40.8 Å². The number of nitrogens with zero attached hydrogens (tertiary/aromatic N) is 1. The van der Waals surface area contributed by atoms with Crippen molar-refractivity contribution in [3.05, 3.63) is 119 Å². The van der Waals surface area contributed by atoms with Gasteiger partial charge in [-0.05, 0) is 116 Å². The smallest absolute Gasteiger partial charge is 0.429 e. The Balaban J connectivity index is 0.637. The SMILES string of the molecule is CCCC1O[C@@H]2C[C@H]3[C@@H]4CCC5=CC(=O)C=C[C@]5(C)[C@H]4[C@@H](O)C[C@]3(C)[C@]2(C(=O)COC(=O)OCc2ccc(NC(=O)[C@H](CCCNC(N)=O)CC(=O)[C@@H](NC(=O)CCOCCOCCOCCOCCNC(=O)CCC(=O)N3Cc4ccccc4C#Cc4ccccc43)C(C)C)cc2)O1. The van der Waals surface area contributed by atoms with E-state index in [-0.39, 0.29) is 132 Å². The van der Waals surface area contributed by atoms with Gasteiger partial charge in [-0.25, -0.2) is 9.59 Å². The minimum absolute atomic E-state index is 0.0152. The van der Waals surface area contributed by atoms with E-state index >= 15 is 0 Å². The van der Waals surface area contributed by atoms with E-state index in [1.54, 1.807) is 55.2 Å². The number of Topliss-reactive ketones (excluding diaryl/α,β-unsaturated/α-hetero) is 2. The Kier molecular flexibility index (Phi) is 26.7.